The first-order chi connectivity index (χ1) is 9.56. The highest BCUT2D eigenvalue weighted by molar-refractivity contribution is 9.10. The summed E-state index contributed by atoms with van der Waals surface area (Å²) in [6.07, 6.45) is 0. The van der Waals surface area contributed by atoms with Gasteiger partial charge in [0.1, 0.15) is 24.7 Å². The first kappa shape index (κ1) is 13.2. The third kappa shape index (κ3) is 2.22. The van der Waals surface area contributed by atoms with Crippen LogP contribution in [0.25, 0.3) is 0 Å². The largest absolute Gasteiger partial charge is 0.486 e. The van der Waals surface area contributed by atoms with Crippen LogP contribution in [0.1, 0.15) is 27.4 Å². The number of ether oxygens (including phenoxy) is 2. The zero-order valence-electron chi connectivity index (χ0n) is 11.2. The predicted molar refractivity (Wildman–Crippen MR) is 76.7 cm³/mol. The van der Waals surface area contributed by atoms with Gasteiger partial charge in [-0.25, -0.2) is 0 Å². The Labute approximate surface area is 124 Å². The molecule has 0 fully saturated rings. The van der Waals surface area contributed by atoms with Crippen LogP contribution in [-0.2, 0) is 0 Å². The molecule has 0 saturated carbocycles. The summed E-state index contributed by atoms with van der Waals surface area (Å²) in [5, 5.41) is 0. The lowest BCUT2D eigenvalue weighted by Gasteiger charge is -2.19. The molecule has 1 aliphatic rings. The van der Waals surface area contributed by atoms with Crippen LogP contribution in [0.5, 0.6) is 11.5 Å². The molecule has 0 unspecified atom stereocenters. The van der Waals surface area contributed by atoms with E-state index in [9.17, 15) is 4.79 Å². The van der Waals surface area contributed by atoms with Crippen molar-refractivity contribution in [1.29, 1.82) is 0 Å². The lowest BCUT2D eigenvalue weighted by molar-refractivity contribution is 0.103. The molecule has 2 heterocycles. The van der Waals surface area contributed by atoms with E-state index in [1.54, 1.807) is 25.1 Å². The number of hydrogen-bond acceptors (Lipinski definition) is 4. The van der Waals surface area contributed by atoms with E-state index in [-0.39, 0.29) is 5.78 Å². The van der Waals surface area contributed by atoms with Gasteiger partial charge in [-0.15, -0.1) is 0 Å². The number of rotatable bonds is 2. The lowest BCUT2D eigenvalue weighted by Crippen LogP contribution is -2.16. The van der Waals surface area contributed by atoms with Gasteiger partial charge < -0.3 is 13.9 Å². The third-order valence-electron chi connectivity index (χ3n) is 3.16. The van der Waals surface area contributed by atoms with E-state index in [0.29, 0.717) is 46.1 Å². The molecule has 0 bridgehead atoms. The topological polar surface area (TPSA) is 48.7 Å². The van der Waals surface area contributed by atoms with Gasteiger partial charge in [0.25, 0.3) is 0 Å². The Morgan fingerprint density at radius 1 is 1.05 bits per heavy atom. The van der Waals surface area contributed by atoms with Crippen molar-refractivity contribution in [2.45, 2.75) is 13.8 Å². The fourth-order valence-electron chi connectivity index (χ4n) is 2.24. The van der Waals surface area contributed by atoms with E-state index in [0.717, 1.165) is 5.76 Å². The van der Waals surface area contributed by atoms with Gasteiger partial charge in [-0.1, -0.05) is 0 Å². The summed E-state index contributed by atoms with van der Waals surface area (Å²) in [7, 11) is 0. The minimum absolute atomic E-state index is 0.0943. The van der Waals surface area contributed by atoms with Gasteiger partial charge in [0.2, 0.25) is 0 Å². The predicted octanol–water partition coefficient (Wildman–Crippen LogP) is 3.66. The average Bonchev–Trinajstić information content (AvgIpc) is 2.76. The molecule has 0 atom stereocenters. The first-order valence-electron chi connectivity index (χ1n) is 6.27. The van der Waals surface area contributed by atoms with Gasteiger partial charge in [0.15, 0.2) is 17.3 Å². The summed E-state index contributed by atoms with van der Waals surface area (Å²) >= 11 is 3.42. The molecule has 4 nitrogen and oxygen atoms in total. The number of furan rings is 1. The van der Waals surface area contributed by atoms with Crippen LogP contribution in [0, 0.1) is 13.8 Å². The molecule has 5 heteroatoms. The molecule has 1 aromatic heterocycles. The van der Waals surface area contributed by atoms with E-state index in [2.05, 4.69) is 15.9 Å². The van der Waals surface area contributed by atoms with Gasteiger partial charge in [0, 0.05) is 10.0 Å². The Morgan fingerprint density at radius 2 is 1.70 bits per heavy atom. The summed E-state index contributed by atoms with van der Waals surface area (Å²) < 4.78 is 17.1. The fourth-order valence-corrected chi connectivity index (χ4v) is 2.74. The monoisotopic (exact) mass is 336 g/mol. The second-order valence-electron chi connectivity index (χ2n) is 4.63. The van der Waals surface area contributed by atoms with E-state index in [1.807, 2.05) is 6.92 Å². The number of fused-ring (bicyclic) bond motifs is 1. The van der Waals surface area contributed by atoms with Crippen molar-refractivity contribution < 1.29 is 18.7 Å². The van der Waals surface area contributed by atoms with Crippen molar-refractivity contribution in [3.05, 3.63) is 45.3 Å². The van der Waals surface area contributed by atoms with Crippen LogP contribution in [0.2, 0.25) is 0 Å². The molecule has 0 spiro atoms. The maximum Gasteiger partial charge on any atom is 0.197 e. The summed E-state index contributed by atoms with van der Waals surface area (Å²) in [5.74, 6) is 2.50. The molecule has 0 amide bonds. The molecular formula is C15H13BrO4. The van der Waals surface area contributed by atoms with Gasteiger partial charge in [-0.2, -0.15) is 0 Å². The average molecular weight is 337 g/mol. The minimum atomic E-state index is -0.0943. The van der Waals surface area contributed by atoms with Crippen LogP contribution in [0.3, 0.4) is 0 Å². The summed E-state index contributed by atoms with van der Waals surface area (Å²) in [5.41, 5.74) is 1.11. The highest BCUT2D eigenvalue weighted by Crippen LogP contribution is 2.36. The smallest absolute Gasteiger partial charge is 0.197 e. The van der Waals surface area contributed by atoms with Crippen molar-refractivity contribution in [1.82, 2.24) is 0 Å². The van der Waals surface area contributed by atoms with Gasteiger partial charge in [-0.05, 0) is 48.0 Å². The van der Waals surface area contributed by atoms with Crippen molar-refractivity contribution in [2.75, 3.05) is 13.2 Å². The van der Waals surface area contributed by atoms with Gasteiger partial charge in [0.05, 0.1) is 5.56 Å². The number of halogens is 1. The molecule has 0 radical (unpaired) electrons. The first-order valence-corrected chi connectivity index (χ1v) is 7.06. The SMILES string of the molecule is Cc1cc(C(=O)c2cc3c(cc2Br)OCCO3)c(C)o1. The summed E-state index contributed by atoms with van der Waals surface area (Å²) in [4.78, 5) is 12.6. The van der Waals surface area contributed by atoms with Gasteiger partial charge >= 0.3 is 0 Å². The third-order valence-corrected chi connectivity index (χ3v) is 3.82. The number of hydrogen-bond donors (Lipinski definition) is 0. The second kappa shape index (κ2) is 4.98. The molecule has 0 N–H and O–H groups in total. The lowest BCUT2D eigenvalue weighted by atomic mass is 10.0. The zero-order chi connectivity index (χ0) is 14.3. The van der Waals surface area contributed by atoms with E-state index in [1.165, 1.54) is 0 Å². The number of carbonyl (C=O) groups excluding carboxylic acids is 1. The molecule has 3 rings (SSSR count). The van der Waals surface area contributed by atoms with Crippen LogP contribution < -0.4 is 9.47 Å². The van der Waals surface area contributed by atoms with Gasteiger partial charge in [-0.3, -0.25) is 4.79 Å². The number of carbonyl (C=O) groups is 1. The molecular weight excluding hydrogens is 324 g/mol. The molecule has 0 aliphatic carbocycles. The minimum Gasteiger partial charge on any atom is -0.486 e. The number of ketones is 1. The van der Waals surface area contributed by atoms with Crippen LogP contribution in [0.15, 0.2) is 27.1 Å². The maximum atomic E-state index is 12.6. The van der Waals surface area contributed by atoms with Crippen molar-refractivity contribution in [3.63, 3.8) is 0 Å². The van der Waals surface area contributed by atoms with Crippen LogP contribution in [-0.4, -0.2) is 19.0 Å². The quantitative estimate of drug-likeness (QED) is 0.785. The Kier molecular flexibility index (Phi) is 3.30. The molecule has 2 aromatic rings. The zero-order valence-corrected chi connectivity index (χ0v) is 12.7. The van der Waals surface area contributed by atoms with Crippen molar-refractivity contribution >= 4 is 21.7 Å². The molecule has 20 heavy (non-hydrogen) atoms. The number of aryl methyl sites for hydroxylation is 2. The molecule has 1 aromatic carbocycles. The van der Waals surface area contributed by atoms with Crippen molar-refractivity contribution in [3.8, 4) is 11.5 Å². The Balaban J connectivity index is 2.05. The normalized spacial score (nSPS) is 13.3. The van der Waals surface area contributed by atoms with Crippen LogP contribution >= 0.6 is 15.9 Å². The summed E-state index contributed by atoms with van der Waals surface area (Å²) in [6.45, 7) is 4.62. The van der Waals surface area contributed by atoms with E-state index < -0.39 is 0 Å². The highest BCUT2D eigenvalue weighted by atomic mass is 79.9. The van der Waals surface area contributed by atoms with E-state index in [4.69, 9.17) is 13.9 Å². The Morgan fingerprint density at radius 3 is 2.30 bits per heavy atom. The fraction of sp³-hybridized carbons (Fsp3) is 0.267. The number of benzene rings is 1. The van der Waals surface area contributed by atoms with Crippen LogP contribution in [0.4, 0.5) is 0 Å². The van der Waals surface area contributed by atoms with E-state index >= 15 is 0 Å². The summed E-state index contributed by atoms with van der Waals surface area (Å²) in [6, 6.07) is 5.23. The standard InChI is InChI=1S/C15H13BrO4/c1-8-5-10(9(2)20-8)15(17)11-6-13-14(7-12(11)16)19-4-3-18-13/h5-7H,3-4H2,1-2H3. The molecule has 104 valence electrons. The Bertz CT molecular complexity index is 687. The van der Waals surface area contributed by atoms with Crippen molar-refractivity contribution in [2.24, 2.45) is 0 Å². The highest BCUT2D eigenvalue weighted by Gasteiger charge is 2.22. The molecule has 0 saturated heterocycles. The maximum absolute atomic E-state index is 12.6. The second-order valence-corrected chi connectivity index (χ2v) is 5.49. The Hall–Kier alpha value is -1.75. The molecule has 1 aliphatic heterocycles.